The molecule has 0 N–H and O–H groups in total. The summed E-state index contributed by atoms with van der Waals surface area (Å²) in [5.41, 5.74) is 0.214. The van der Waals surface area contributed by atoms with Crippen LogP contribution in [0, 0.1) is 0 Å². The lowest BCUT2D eigenvalue weighted by molar-refractivity contribution is 0.0115. The Balaban J connectivity index is 1.99. The number of benzene rings is 2. The Bertz CT molecular complexity index is 894. The molecular formula is C16H9Cl3N4O2. The number of halogens is 3. The van der Waals surface area contributed by atoms with Crippen LogP contribution in [0.1, 0.15) is 20.7 Å². The van der Waals surface area contributed by atoms with Gasteiger partial charge in [0.1, 0.15) is 0 Å². The van der Waals surface area contributed by atoms with E-state index >= 15 is 0 Å². The zero-order chi connectivity index (χ0) is 18.0. The van der Waals surface area contributed by atoms with Crippen LogP contribution in [-0.2, 0) is 0 Å². The number of nitrogens with zero attached hydrogens (tertiary/aromatic N) is 4. The van der Waals surface area contributed by atoms with E-state index in [1.165, 1.54) is 30.6 Å². The van der Waals surface area contributed by atoms with Gasteiger partial charge in [-0.05, 0) is 29.5 Å². The maximum atomic E-state index is 12.8. The number of carbonyl (C=O) groups excluding carboxylic acids is 2. The summed E-state index contributed by atoms with van der Waals surface area (Å²) in [6.45, 7) is 0. The molecule has 1 heterocycles. The molecule has 9 heteroatoms. The van der Waals surface area contributed by atoms with Crippen LogP contribution in [0.2, 0.25) is 15.1 Å². The summed E-state index contributed by atoms with van der Waals surface area (Å²) < 4.78 is 0. The van der Waals surface area contributed by atoms with Gasteiger partial charge in [0.15, 0.2) is 0 Å². The van der Waals surface area contributed by atoms with E-state index < -0.39 is 11.8 Å². The van der Waals surface area contributed by atoms with Gasteiger partial charge in [0, 0.05) is 0 Å². The molecule has 0 aliphatic carbocycles. The third-order valence-corrected chi connectivity index (χ3v) is 4.25. The first-order valence-electron chi connectivity index (χ1n) is 6.94. The van der Waals surface area contributed by atoms with E-state index in [2.05, 4.69) is 10.3 Å². The lowest BCUT2D eigenvalue weighted by Gasteiger charge is -2.28. The Hall–Kier alpha value is -2.41. The van der Waals surface area contributed by atoms with Crippen molar-refractivity contribution in [1.82, 2.24) is 10.1 Å². The fourth-order valence-electron chi connectivity index (χ4n) is 2.13. The quantitative estimate of drug-likeness (QED) is 0.718. The molecule has 6 nitrogen and oxygen atoms in total. The third kappa shape index (κ3) is 3.37. The molecule has 1 aliphatic heterocycles. The minimum Gasteiger partial charge on any atom is -0.267 e. The van der Waals surface area contributed by atoms with E-state index in [4.69, 9.17) is 34.8 Å². The van der Waals surface area contributed by atoms with Crippen molar-refractivity contribution in [2.75, 3.05) is 0 Å². The Morgan fingerprint density at radius 2 is 1.48 bits per heavy atom. The topological polar surface area (TPSA) is 65.3 Å². The standard InChI is InChI=1S/C16H9Cl3N4O2/c17-11-5-2-1-4-10(11)15(24)22-9-8-20-21-23(22)16(25)14-12(18)6-3-7-13(14)19/h1-9H. The van der Waals surface area contributed by atoms with Gasteiger partial charge in [-0.3, -0.25) is 9.59 Å². The average molecular weight is 396 g/mol. The summed E-state index contributed by atoms with van der Waals surface area (Å²) >= 11 is 18.2. The largest absolute Gasteiger partial charge is 0.298 e. The Kier molecular flexibility index (Phi) is 5.03. The second kappa shape index (κ2) is 7.23. The Morgan fingerprint density at radius 3 is 2.16 bits per heavy atom. The number of rotatable bonds is 2. The summed E-state index contributed by atoms with van der Waals surface area (Å²) in [5, 5.41) is 9.63. The lowest BCUT2D eigenvalue weighted by atomic mass is 10.2. The predicted molar refractivity (Wildman–Crippen MR) is 94.2 cm³/mol. The highest BCUT2D eigenvalue weighted by Gasteiger charge is 2.31. The van der Waals surface area contributed by atoms with Gasteiger partial charge in [-0.1, -0.05) is 53.0 Å². The van der Waals surface area contributed by atoms with Gasteiger partial charge in [-0.2, -0.15) is 5.01 Å². The molecule has 0 saturated heterocycles. The van der Waals surface area contributed by atoms with Gasteiger partial charge in [0.25, 0.3) is 11.8 Å². The first-order valence-corrected chi connectivity index (χ1v) is 8.08. The van der Waals surface area contributed by atoms with Crippen molar-refractivity contribution < 1.29 is 9.59 Å². The molecule has 0 bridgehead atoms. The highest BCUT2D eigenvalue weighted by Crippen LogP contribution is 2.28. The van der Waals surface area contributed by atoms with Gasteiger partial charge in [0.05, 0.1) is 38.6 Å². The van der Waals surface area contributed by atoms with E-state index in [0.717, 1.165) is 10.1 Å². The molecule has 1 aliphatic rings. The molecule has 3 rings (SSSR count). The molecule has 25 heavy (non-hydrogen) atoms. The third-order valence-electron chi connectivity index (χ3n) is 3.29. The molecule has 2 aromatic carbocycles. The molecule has 0 unspecified atom stereocenters. The van der Waals surface area contributed by atoms with Crippen molar-refractivity contribution in [1.29, 1.82) is 0 Å². The molecule has 2 aromatic rings. The van der Waals surface area contributed by atoms with Crippen LogP contribution in [0.4, 0.5) is 0 Å². The normalized spacial score (nSPS) is 13.2. The Morgan fingerprint density at radius 1 is 0.840 bits per heavy atom. The fraction of sp³-hybridized carbons (Fsp3) is 0. The van der Waals surface area contributed by atoms with Gasteiger partial charge in [0.2, 0.25) is 0 Å². The van der Waals surface area contributed by atoms with Crippen molar-refractivity contribution >= 4 is 46.6 Å². The molecule has 126 valence electrons. The van der Waals surface area contributed by atoms with Crippen LogP contribution >= 0.6 is 34.8 Å². The zero-order valence-corrected chi connectivity index (χ0v) is 14.7. The number of hydrogen-bond acceptors (Lipinski definition) is 4. The van der Waals surface area contributed by atoms with Crippen molar-refractivity contribution in [3.63, 3.8) is 0 Å². The van der Waals surface area contributed by atoms with E-state index in [1.807, 2.05) is 0 Å². The highest BCUT2D eigenvalue weighted by molar-refractivity contribution is 6.39. The summed E-state index contributed by atoms with van der Waals surface area (Å²) in [7, 11) is 0. The smallest absolute Gasteiger partial charge is 0.267 e. The van der Waals surface area contributed by atoms with E-state index in [9.17, 15) is 9.59 Å². The summed E-state index contributed by atoms with van der Waals surface area (Å²) in [6, 6.07) is 11.1. The number of hydrogen-bond donors (Lipinski definition) is 0. The summed E-state index contributed by atoms with van der Waals surface area (Å²) in [5.74, 6) is -1.26. The monoisotopic (exact) mass is 394 g/mol. The lowest BCUT2D eigenvalue weighted by Crippen LogP contribution is -2.44. The SMILES string of the molecule is O=C(c1ccccc1Cl)N1C=CN=NN1C(=O)c1c(Cl)cccc1Cl. The minimum absolute atomic E-state index is 0.0111. The van der Waals surface area contributed by atoms with Crippen molar-refractivity contribution in [2.24, 2.45) is 10.3 Å². The number of hydrazine groups is 1. The van der Waals surface area contributed by atoms with E-state index in [0.29, 0.717) is 0 Å². The van der Waals surface area contributed by atoms with Crippen LogP contribution in [0.3, 0.4) is 0 Å². The van der Waals surface area contributed by atoms with Gasteiger partial charge in [-0.15, -0.1) is 10.2 Å². The molecule has 0 atom stereocenters. The molecule has 0 saturated carbocycles. The fourth-order valence-corrected chi connectivity index (χ4v) is 2.91. The summed E-state index contributed by atoms with van der Waals surface area (Å²) in [6.07, 6.45) is 2.56. The first kappa shape index (κ1) is 17.4. The van der Waals surface area contributed by atoms with E-state index in [-0.39, 0.29) is 26.2 Å². The molecule has 0 aromatic heterocycles. The van der Waals surface area contributed by atoms with Crippen LogP contribution in [0.15, 0.2) is 65.2 Å². The maximum absolute atomic E-state index is 12.8. The molecule has 2 amide bonds. The average Bonchev–Trinajstić information content (AvgIpc) is 2.61. The molecule has 0 radical (unpaired) electrons. The number of carbonyl (C=O) groups is 2. The minimum atomic E-state index is -0.705. The van der Waals surface area contributed by atoms with Crippen LogP contribution in [0.25, 0.3) is 0 Å². The highest BCUT2D eigenvalue weighted by atomic mass is 35.5. The van der Waals surface area contributed by atoms with E-state index in [1.54, 1.807) is 24.3 Å². The van der Waals surface area contributed by atoms with Crippen molar-refractivity contribution in [3.05, 3.63) is 81.1 Å². The van der Waals surface area contributed by atoms with Gasteiger partial charge < -0.3 is 0 Å². The van der Waals surface area contributed by atoms with Crippen molar-refractivity contribution in [2.45, 2.75) is 0 Å². The Labute approximate surface area is 157 Å². The zero-order valence-electron chi connectivity index (χ0n) is 12.4. The molecular weight excluding hydrogens is 387 g/mol. The first-order chi connectivity index (χ1) is 12.0. The molecule has 0 fully saturated rings. The second-order valence-corrected chi connectivity index (χ2v) is 6.05. The maximum Gasteiger partial charge on any atom is 0.298 e. The van der Waals surface area contributed by atoms with Crippen LogP contribution in [0.5, 0.6) is 0 Å². The van der Waals surface area contributed by atoms with Gasteiger partial charge in [-0.25, -0.2) is 0 Å². The van der Waals surface area contributed by atoms with Gasteiger partial charge >= 0.3 is 0 Å². The van der Waals surface area contributed by atoms with Crippen LogP contribution in [-0.4, -0.2) is 21.9 Å². The second-order valence-electron chi connectivity index (χ2n) is 4.82. The number of amides is 2. The molecule has 0 spiro atoms. The predicted octanol–water partition coefficient (Wildman–Crippen LogP) is 5.00. The van der Waals surface area contributed by atoms with Crippen molar-refractivity contribution in [3.8, 4) is 0 Å². The van der Waals surface area contributed by atoms with Crippen LogP contribution < -0.4 is 0 Å². The summed E-state index contributed by atoms with van der Waals surface area (Å²) in [4.78, 5) is 25.6.